The van der Waals surface area contributed by atoms with E-state index < -0.39 is 0 Å². The lowest BCUT2D eigenvalue weighted by atomic mass is 10.2. The van der Waals surface area contributed by atoms with Crippen molar-refractivity contribution < 1.29 is 9.90 Å². The maximum Gasteiger partial charge on any atom is 0.257 e. The second kappa shape index (κ2) is 8.14. The molecule has 0 atom stereocenters. The molecule has 7 heteroatoms. The van der Waals surface area contributed by atoms with Gasteiger partial charge in [-0.1, -0.05) is 29.5 Å². The molecule has 1 aromatic carbocycles. The van der Waals surface area contributed by atoms with Crippen molar-refractivity contribution in [1.82, 2.24) is 9.97 Å². The average molecular weight is 394 g/mol. The van der Waals surface area contributed by atoms with Gasteiger partial charge in [-0.15, -0.1) is 0 Å². The Bertz CT molecular complexity index is 788. The summed E-state index contributed by atoms with van der Waals surface area (Å²) in [5.74, 6) is -0.168. The largest absolute Gasteiger partial charge is 0.394 e. The summed E-state index contributed by atoms with van der Waals surface area (Å²) in [7, 11) is 0. The standard InChI is InChI=1S/C13H8BrN3OS.C3H8O/c14-10-7-6-9-12(16-10)19-13(15-9)17-11(18)8-4-2-1-3-5-8;1-3(2)4/h1-7H,(H,15,17,18);3-4H,1-2H3. The van der Waals surface area contributed by atoms with Gasteiger partial charge in [0.15, 0.2) is 5.13 Å². The second-order valence-electron chi connectivity index (χ2n) is 4.89. The fraction of sp³-hybridized carbons (Fsp3) is 0.188. The third-order valence-electron chi connectivity index (χ3n) is 2.48. The van der Waals surface area contributed by atoms with Crippen LogP contribution >= 0.6 is 27.3 Å². The summed E-state index contributed by atoms with van der Waals surface area (Å²) < 4.78 is 0.754. The molecule has 0 saturated heterocycles. The summed E-state index contributed by atoms with van der Waals surface area (Å²) in [4.78, 5) is 21.4. The Hall–Kier alpha value is -1.83. The van der Waals surface area contributed by atoms with Crippen LogP contribution < -0.4 is 5.32 Å². The first-order valence-corrected chi connectivity index (χ1v) is 8.54. The predicted molar refractivity (Wildman–Crippen MR) is 96.9 cm³/mol. The van der Waals surface area contributed by atoms with E-state index in [0.29, 0.717) is 10.7 Å². The second-order valence-corrected chi connectivity index (χ2v) is 6.68. The van der Waals surface area contributed by atoms with Gasteiger partial charge in [0.25, 0.3) is 5.91 Å². The zero-order valence-electron chi connectivity index (χ0n) is 12.7. The Balaban J connectivity index is 0.000000433. The Morgan fingerprint density at radius 3 is 2.48 bits per heavy atom. The van der Waals surface area contributed by atoms with E-state index in [1.165, 1.54) is 11.3 Å². The van der Waals surface area contributed by atoms with E-state index in [4.69, 9.17) is 5.11 Å². The van der Waals surface area contributed by atoms with Gasteiger partial charge in [-0.05, 0) is 54.0 Å². The van der Waals surface area contributed by atoms with Crippen LogP contribution in [0, 0.1) is 0 Å². The molecular formula is C16H16BrN3O2S. The number of benzene rings is 1. The first-order chi connectivity index (χ1) is 11.0. The van der Waals surface area contributed by atoms with E-state index in [2.05, 4.69) is 31.2 Å². The number of fused-ring (bicyclic) bond motifs is 1. The van der Waals surface area contributed by atoms with Crippen molar-refractivity contribution in [2.45, 2.75) is 20.0 Å². The molecule has 2 heterocycles. The normalized spacial score (nSPS) is 10.3. The molecule has 0 bridgehead atoms. The molecule has 23 heavy (non-hydrogen) atoms. The number of rotatable bonds is 2. The highest BCUT2D eigenvalue weighted by Gasteiger charge is 2.10. The van der Waals surface area contributed by atoms with Gasteiger partial charge < -0.3 is 5.11 Å². The molecule has 2 N–H and O–H groups in total. The number of hydrogen-bond acceptors (Lipinski definition) is 5. The zero-order valence-corrected chi connectivity index (χ0v) is 15.1. The molecular weight excluding hydrogens is 378 g/mol. The third kappa shape index (κ3) is 5.38. The number of aliphatic hydroxyl groups is 1. The van der Waals surface area contributed by atoms with Gasteiger partial charge in [-0.25, -0.2) is 9.97 Å². The van der Waals surface area contributed by atoms with Gasteiger partial charge >= 0.3 is 0 Å². The van der Waals surface area contributed by atoms with E-state index in [-0.39, 0.29) is 12.0 Å². The molecule has 120 valence electrons. The molecule has 0 saturated carbocycles. The van der Waals surface area contributed by atoms with Crippen LogP contribution in [0.15, 0.2) is 47.1 Å². The first-order valence-electron chi connectivity index (χ1n) is 6.93. The van der Waals surface area contributed by atoms with Crippen LogP contribution in [-0.4, -0.2) is 27.1 Å². The molecule has 0 unspecified atom stereocenters. The number of anilines is 1. The van der Waals surface area contributed by atoms with E-state index >= 15 is 0 Å². The fourth-order valence-electron chi connectivity index (χ4n) is 1.61. The molecule has 0 aliphatic rings. The molecule has 5 nitrogen and oxygen atoms in total. The van der Waals surface area contributed by atoms with E-state index in [0.717, 1.165) is 15.0 Å². The lowest BCUT2D eigenvalue weighted by molar-refractivity contribution is 0.102. The van der Waals surface area contributed by atoms with Gasteiger partial charge in [-0.3, -0.25) is 10.1 Å². The minimum absolute atomic E-state index is 0.167. The number of halogens is 1. The molecule has 1 amide bonds. The SMILES string of the molecule is CC(C)O.O=C(Nc1nc2ccc(Br)nc2s1)c1ccccc1. The first kappa shape index (κ1) is 17.5. The summed E-state index contributed by atoms with van der Waals surface area (Å²) in [6, 6.07) is 12.7. The molecule has 0 aliphatic carbocycles. The highest BCUT2D eigenvalue weighted by Crippen LogP contribution is 2.25. The van der Waals surface area contributed by atoms with Gasteiger partial charge in [0.1, 0.15) is 15.0 Å². The summed E-state index contributed by atoms with van der Waals surface area (Å²) in [6.45, 7) is 3.44. The molecule has 2 aromatic heterocycles. The molecule has 3 aromatic rings. The number of nitrogens with one attached hydrogen (secondary N) is 1. The van der Waals surface area contributed by atoms with Crippen LogP contribution in [0.2, 0.25) is 0 Å². The number of carbonyl (C=O) groups excluding carboxylic acids is 1. The van der Waals surface area contributed by atoms with Crippen LogP contribution in [0.25, 0.3) is 10.3 Å². The monoisotopic (exact) mass is 393 g/mol. The zero-order chi connectivity index (χ0) is 16.8. The van der Waals surface area contributed by atoms with Crippen molar-refractivity contribution >= 4 is 48.7 Å². The number of aromatic nitrogens is 2. The fourth-order valence-corrected chi connectivity index (χ4v) is 2.87. The minimum Gasteiger partial charge on any atom is -0.394 e. The highest BCUT2D eigenvalue weighted by atomic mass is 79.9. The van der Waals surface area contributed by atoms with E-state index in [9.17, 15) is 4.79 Å². The number of amides is 1. The van der Waals surface area contributed by atoms with Crippen molar-refractivity contribution in [2.24, 2.45) is 0 Å². The lowest BCUT2D eigenvalue weighted by Crippen LogP contribution is -2.11. The van der Waals surface area contributed by atoms with Crippen LogP contribution in [0.1, 0.15) is 24.2 Å². The molecule has 0 fully saturated rings. The maximum atomic E-state index is 12.0. The Labute approximate surface area is 146 Å². The number of nitrogens with zero attached hydrogens (tertiary/aromatic N) is 2. The number of thiazole rings is 1. The summed E-state index contributed by atoms with van der Waals surface area (Å²) >= 11 is 4.66. The highest BCUT2D eigenvalue weighted by molar-refractivity contribution is 9.10. The van der Waals surface area contributed by atoms with Gasteiger partial charge in [0.05, 0.1) is 0 Å². The number of pyridine rings is 1. The van der Waals surface area contributed by atoms with Crippen molar-refractivity contribution in [2.75, 3.05) is 5.32 Å². The number of carbonyl (C=O) groups is 1. The van der Waals surface area contributed by atoms with Crippen molar-refractivity contribution in [3.05, 3.63) is 52.6 Å². The Morgan fingerprint density at radius 2 is 1.83 bits per heavy atom. The average Bonchev–Trinajstić information content (AvgIpc) is 2.89. The summed E-state index contributed by atoms with van der Waals surface area (Å²) in [5.41, 5.74) is 1.38. The van der Waals surface area contributed by atoms with Crippen LogP contribution in [-0.2, 0) is 0 Å². The van der Waals surface area contributed by atoms with E-state index in [1.807, 2.05) is 30.3 Å². The van der Waals surface area contributed by atoms with Crippen molar-refractivity contribution in [3.63, 3.8) is 0 Å². The summed E-state index contributed by atoms with van der Waals surface area (Å²) in [5, 5.41) is 11.4. The Morgan fingerprint density at radius 1 is 1.17 bits per heavy atom. The smallest absolute Gasteiger partial charge is 0.257 e. The molecule has 0 radical (unpaired) electrons. The number of hydrogen-bond donors (Lipinski definition) is 2. The van der Waals surface area contributed by atoms with Crippen molar-refractivity contribution in [3.8, 4) is 0 Å². The quantitative estimate of drug-likeness (QED) is 0.642. The van der Waals surface area contributed by atoms with Crippen molar-refractivity contribution in [1.29, 1.82) is 0 Å². The van der Waals surface area contributed by atoms with Gasteiger partial charge in [0.2, 0.25) is 0 Å². The lowest BCUT2D eigenvalue weighted by Gasteiger charge is -2.00. The molecule has 0 spiro atoms. The third-order valence-corrected chi connectivity index (χ3v) is 3.80. The van der Waals surface area contributed by atoms with E-state index in [1.54, 1.807) is 26.0 Å². The molecule has 3 rings (SSSR count). The van der Waals surface area contributed by atoms with Crippen LogP contribution in [0.4, 0.5) is 5.13 Å². The molecule has 0 aliphatic heterocycles. The topological polar surface area (TPSA) is 75.1 Å². The summed E-state index contributed by atoms with van der Waals surface area (Å²) in [6.07, 6.45) is -0.167. The minimum atomic E-state index is -0.168. The predicted octanol–water partition coefficient (Wildman–Crippen LogP) is 4.09. The van der Waals surface area contributed by atoms with Crippen LogP contribution in [0.3, 0.4) is 0 Å². The number of aliphatic hydroxyl groups excluding tert-OH is 1. The van der Waals surface area contributed by atoms with Crippen LogP contribution in [0.5, 0.6) is 0 Å². The Kier molecular flexibility index (Phi) is 6.20. The van der Waals surface area contributed by atoms with Gasteiger partial charge in [-0.2, -0.15) is 0 Å². The maximum absolute atomic E-state index is 12.0. The van der Waals surface area contributed by atoms with Gasteiger partial charge in [0, 0.05) is 11.7 Å².